The third kappa shape index (κ3) is 2.81. The minimum Gasteiger partial charge on any atom is -0.318 e. The van der Waals surface area contributed by atoms with Crippen LogP contribution in [-0.4, -0.2) is 20.1 Å². The third-order valence-corrected chi connectivity index (χ3v) is 2.69. The van der Waals surface area contributed by atoms with Crippen LogP contribution in [0.2, 0.25) is 0 Å². The summed E-state index contributed by atoms with van der Waals surface area (Å²) in [6.07, 6.45) is 0. The molecule has 0 amide bonds. The van der Waals surface area contributed by atoms with Crippen LogP contribution in [0.3, 0.4) is 0 Å². The SMILES string of the molecule is CNCCNCc1ccc2ccccc2c1. The van der Waals surface area contributed by atoms with Crippen molar-refractivity contribution in [2.45, 2.75) is 6.54 Å². The lowest BCUT2D eigenvalue weighted by atomic mass is 10.1. The van der Waals surface area contributed by atoms with E-state index in [1.54, 1.807) is 0 Å². The Bertz CT molecular complexity index is 451. The number of rotatable bonds is 5. The second-order valence-corrected chi connectivity index (χ2v) is 3.96. The van der Waals surface area contributed by atoms with Crippen molar-refractivity contribution in [1.82, 2.24) is 10.6 Å². The molecule has 0 saturated heterocycles. The zero-order valence-electron chi connectivity index (χ0n) is 9.66. The highest BCUT2D eigenvalue weighted by atomic mass is 14.9. The highest BCUT2D eigenvalue weighted by Crippen LogP contribution is 2.15. The first-order chi connectivity index (χ1) is 7.90. The maximum Gasteiger partial charge on any atom is 0.0206 e. The lowest BCUT2D eigenvalue weighted by Gasteiger charge is -2.05. The second-order valence-electron chi connectivity index (χ2n) is 3.96. The third-order valence-electron chi connectivity index (χ3n) is 2.69. The Morgan fingerprint density at radius 3 is 2.56 bits per heavy atom. The number of nitrogens with one attached hydrogen (secondary N) is 2. The normalized spacial score (nSPS) is 10.8. The van der Waals surface area contributed by atoms with Gasteiger partial charge in [0.15, 0.2) is 0 Å². The maximum atomic E-state index is 3.40. The Labute approximate surface area is 96.7 Å². The highest BCUT2D eigenvalue weighted by molar-refractivity contribution is 5.82. The van der Waals surface area contributed by atoms with E-state index < -0.39 is 0 Å². The molecule has 0 bridgehead atoms. The fourth-order valence-corrected chi connectivity index (χ4v) is 1.79. The molecule has 0 spiro atoms. The van der Waals surface area contributed by atoms with Gasteiger partial charge >= 0.3 is 0 Å². The van der Waals surface area contributed by atoms with E-state index in [1.807, 2.05) is 7.05 Å². The van der Waals surface area contributed by atoms with E-state index in [2.05, 4.69) is 53.1 Å². The van der Waals surface area contributed by atoms with Crippen LogP contribution in [0.4, 0.5) is 0 Å². The largest absolute Gasteiger partial charge is 0.318 e. The highest BCUT2D eigenvalue weighted by Gasteiger charge is 1.95. The summed E-state index contributed by atoms with van der Waals surface area (Å²) in [5.74, 6) is 0. The Kier molecular flexibility index (Phi) is 3.91. The molecule has 2 N–H and O–H groups in total. The van der Waals surface area contributed by atoms with Gasteiger partial charge in [0.25, 0.3) is 0 Å². The molecule has 0 heterocycles. The molecule has 0 fully saturated rings. The van der Waals surface area contributed by atoms with Crippen LogP contribution in [0.25, 0.3) is 10.8 Å². The van der Waals surface area contributed by atoms with Gasteiger partial charge in [-0.05, 0) is 29.4 Å². The fraction of sp³-hybridized carbons (Fsp3) is 0.286. The molecule has 2 aromatic carbocycles. The average Bonchev–Trinajstić information content (AvgIpc) is 2.34. The van der Waals surface area contributed by atoms with Gasteiger partial charge in [-0.2, -0.15) is 0 Å². The first-order valence-electron chi connectivity index (χ1n) is 5.73. The van der Waals surface area contributed by atoms with Gasteiger partial charge in [0, 0.05) is 19.6 Å². The zero-order chi connectivity index (χ0) is 11.2. The molecule has 2 aromatic rings. The van der Waals surface area contributed by atoms with E-state index in [-0.39, 0.29) is 0 Å². The summed E-state index contributed by atoms with van der Waals surface area (Å²) in [6.45, 7) is 2.95. The lowest BCUT2D eigenvalue weighted by Crippen LogP contribution is -2.24. The van der Waals surface area contributed by atoms with Gasteiger partial charge in [0.1, 0.15) is 0 Å². The van der Waals surface area contributed by atoms with Gasteiger partial charge in [-0.25, -0.2) is 0 Å². The molecule has 16 heavy (non-hydrogen) atoms. The first kappa shape index (κ1) is 11.1. The number of benzene rings is 2. The molecule has 0 unspecified atom stereocenters. The van der Waals surface area contributed by atoms with Crippen molar-refractivity contribution < 1.29 is 0 Å². The van der Waals surface area contributed by atoms with Crippen molar-refractivity contribution >= 4 is 10.8 Å². The summed E-state index contributed by atoms with van der Waals surface area (Å²) >= 11 is 0. The quantitative estimate of drug-likeness (QED) is 0.745. The zero-order valence-corrected chi connectivity index (χ0v) is 9.66. The Morgan fingerprint density at radius 2 is 1.75 bits per heavy atom. The van der Waals surface area contributed by atoms with Crippen LogP contribution < -0.4 is 10.6 Å². The topological polar surface area (TPSA) is 24.1 Å². The molecule has 0 aliphatic heterocycles. The molecule has 2 nitrogen and oxygen atoms in total. The Morgan fingerprint density at radius 1 is 0.938 bits per heavy atom. The van der Waals surface area contributed by atoms with Crippen LogP contribution >= 0.6 is 0 Å². The smallest absolute Gasteiger partial charge is 0.0206 e. The summed E-state index contributed by atoms with van der Waals surface area (Å²) in [5.41, 5.74) is 1.34. The molecule has 84 valence electrons. The number of fused-ring (bicyclic) bond motifs is 1. The predicted octanol–water partition coefficient (Wildman–Crippen LogP) is 2.15. The van der Waals surface area contributed by atoms with E-state index >= 15 is 0 Å². The average molecular weight is 214 g/mol. The van der Waals surface area contributed by atoms with E-state index in [9.17, 15) is 0 Å². The van der Waals surface area contributed by atoms with Crippen molar-refractivity contribution in [3.05, 3.63) is 48.0 Å². The monoisotopic (exact) mass is 214 g/mol. The van der Waals surface area contributed by atoms with Crippen molar-refractivity contribution in [2.75, 3.05) is 20.1 Å². The number of hydrogen-bond acceptors (Lipinski definition) is 2. The van der Waals surface area contributed by atoms with Gasteiger partial charge in [-0.3, -0.25) is 0 Å². The minimum absolute atomic E-state index is 0.937. The van der Waals surface area contributed by atoms with E-state index in [4.69, 9.17) is 0 Å². The standard InChI is InChI=1S/C14H18N2/c1-15-8-9-16-11-12-6-7-13-4-2-3-5-14(13)10-12/h2-7,10,15-16H,8-9,11H2,1H3. The maximum absolute atomic E-state index is 3.40. The van der Waals surface area contributed by atoms with Crippen molar-refractivity contribution in [3.8, 4) is 0 Å². The first-order valence-corrected chi connectivity index (χ1v) is 5.73. The molecule has 0 aliphatic carbocycles. The fourth-order valence-electron chi connectivity index (χ4n) is 1.79. The van der Waals surface area contributed by atoms with E-state index in [1.165, 1.54) is 16.3 Å². The molecule has 2 rings (SSSR count). The molecular weight excluding hydrogens is 196 g/mol. The van der Waals surface area contributed by atoms with Crippen LogP contribution in [0, 0.1) is 0 Å². The molecular formula is C14H18N2. The van der Waals surface area contributed by atoms with Gasteiger partial charge in [-0.1, -0.05) is 36.4 Å². The van der Waals surface area contributed by atoms with Crippen LogP contribution in [0.15, 0.2) is 42.5 Å². The molecule has 0 aliphatic rings. The number of hydrogen-bond donors (Lipinski definition) is 2. The van der Waals surface area contributed by atoms with Crippen molar-refractivity contribution in [1.29, 1.82) is 0 Å². The Balaban J connectivity index is 2.02. The minimum atomic E-state index is 0.937. The summed E-state index contributed by atoms with van der Waals surface area (Å²) in [5, 5.41) is 9.15. The predicted molar refractivity (Wildman–Crippen MR) is 69.6 cm³/mol. The summed E-state index contributed by atoms with van der Waals surface area (Å²) < 4.78 is 0. The lowest BCUT2D eigenvalue weighted by molar-refractivity contribution is 0.651. The summed E-state index contributed by atoms with van der Waals surface area (Å²) in [7, 11) is 1.97. The molecule has 0 atom stereocenters. The molecule has 0 radical (unpaired) electrons. The Hall–Kier alpha value is -1.38. The second kappa shape index (κ2) is 5.64. The van der Waals surface area contributed by atoms with Crippen LogP contribution in [0.1, 0.15) is 5.56 Å². The van der Waals surface area contributed by atoms with Gasteiger partial charge in [0.2, 0.25) is 0 Å². The van der Waals surface area contributed by atoms with Crippen molar-refractivity contribution in [2.24, 2.45) is 0 Å². The van der Waals surface area contributed by atoms with Crippen LogP contribution in [0.5, 0.6) is 0 Å². The summed E-state index contributed by atoms with van der Waals surface area (Å²) in [6, 6.07) is 15.1. The van der Waals surface area contributed by atoms with E-state index in [0.717, 1.165) is 19.6 Å². The van der Waals surface area contributed by atoms with Gasteiger partial charge in [0.05, 0.1) is 0 Å². The molecule has 0 aromatic heterocycles. The summed E-state index contributed by atoms with van der Waals surface area (Å²) in [4.78, 5) is 0. The van der Waals surface area contributed by atoms with Crippen LogP contribution in [-0.2, 0) is 6.54 Å². The van der Waals surface area contributed by atoms with E-state index in [0.29, 0.717) is 0 Å². The number of likely N-dealkylation sites (N-methyl/N-ethyl adjacent to an activating group) is 1. The van der Waals surface area contributed by atoms with Gasteiger partial charge < -0.3 is 10.6 Å². The van der Waals surface area contributed by atoms with Gasteiger partial charge in [-0.15, -0.1) is 0 Å². The molecule has 0 saturated carbocycles. The van der Waals surface area contributed by atoms with Crippen molar-refractivity contribution in [3.63, 3.8) is 0 Å². The molecule has 2 heteroatoms.